The molecule has 3 nitrogen and oxygen atoms in total. The van der Waals surface area contributed by atoms with Gasteiger partial charge in [-0.25, -0.2) is 0 Å². The lowest BCUT2D eigenvalue weighted by Crippen LogP contribution is -2.28. The van der Waals surface area contributed by atoms with E-state index in [9.17, 15) is 5.26 Å². The fourth-order valence-corrected chi connectivity index (χ4v) is 2.74. The summed E-state index contributed by atoms with van der Waals surface area (Å²) in [5, 5.41) is 12.7. The van der Waals surface area contributed by atoms with Gasteiger partial charge < -0.3 is 10.1 Å². The summed E-state index contributed by atoms with van der Waals surface area (Å²) in [7, 11) is 1.92. The minimum Gasteiger partial charge on any atom is -0.493 e. The van der Waals surface area contributed by atoms with Gasteiger partial charge in [-0.2, -0.15) is 5.26 Å². The smallest absolute Gasteiger partial charge is 0.122 e. The van der Waals surface area contributed by atoms with Crippen LogP contribution < -0.4 is 10.1 Å². The van der Waals surface area contributed by atoms with E-state index in [1.54, 1.807) is 0 Å². The number of hydrogen-bond acceptors (Lipinski definition) is 3. The summed E-state index contributed by atoms with van der Waals surface area (Å²) in [5.41, 5.74) is 2.46. The molecule has 1 N–H and O–H groups in total. The Hall–Kier alpha value is -1.53. The van der Waals surface area contributed by atoms with Gasteiger partial charge in [-0.1, -0.05) is 26.0 Å². The lowest BCUT2D eigenvalue weighted by molar-refractivity contribution is 0.287. The van der Waals surface area contributed by atoms with E-state index in [2.05, 4.69) is 37.4 Å². The third-order valence-corrected chi connectivity index (χ3v) is 3.83. The normalized spacial score (nSPS) is 17.2. The van der Waals surface area contributed by atoms with E-state index in [0.717, 1.165) is 25.2 Å². The third-order valence-electron chi connectivity index (χ3n) is 3.83. The van der Waals surface area contributed by atoms with Crippen LogP contribution in [0.3, 0.4) is 0 Å². The van der Waals surface area contributed by atoms with E-state index < -0.39 is 0 Å². The summed E-state index contributed by atoms with van der Waals surface area (Å²) in [6.45, 7) is 5.01. The number of rotatable bonds is 4. The van der Waals surface area contributed by atoms with Crippen LogP contribution in [0.2, 0.25) is 0 Å². The Morgan fingerprint density at radius 1 is 1.37 bits per heavy atom. The van der Waals surface area contributed by atoms with Gasteiger partial charge in [-0.15, -0.1) is 0 Å². The first-order chi connectivity index (χ1) is 9.17. The van der Waals surface area contributed by atoms with E-state index >= 15 is 0 Å². The molecule has 0 aromatic heterocycles. The van der Waals surface area contributed by atoms with E-state index in [4.69, 9.17) is 4.74 Å². The summed E-state index contributed by atoms with van der Waals surface area (Å²) in [4.78, 5) is 0. The predicted molar refractivity (Wildman–Crippen MR) is 76.0 cm³/mol. The van der Waals surface area contributed by atoms with E-state index in [0.29, 0.717) is 5.92 Å². The Balaban J connectivity index is 2.31. The molecule has 0 aliphatic carbocycles. The maximum absolute atomic E-state index is 9.38. The van der Waals surface area contributed by atoms with Crippen molar-refractivity contribution in [2.45, 2.75) is 32.7 Å². The first-order valence-corrected chi connectivity index (χ1v) is 7.00. The standard InChI is InChI=1S/C16H22N2O/c1-11(2)14(10-17)16(18-3)13-6-7-15-12(9-13)5-4-8-19-15/h6-7,9,11,14,16,18H,4-5,8H2,1-3H3. The molecule has 0 saturated heterocycles. The van der Waals surface area contributed by atoms with E-state index in [-0.39, 0.29) is 12.0 Å². The molecule has 19 heavy (non-hydrogen) atoms. The number of aryl methyl sites for hydroxylation is 1. The van der Waals surface area contributed by atoms with Crippen molar-refractivity contribution >= 4 is 0 Å². The first-order valence-electron chi connectivity index (χ1n) is 7.00. The molecule has 0 fully saturated rings. The summed E-state index contributed by atoms with van der Waals surface area (Å²) in [6, 6.07) is 8.84. The van der Waals surface area contributed by atoms with Gasteiger partial charge in [-0.05, 0) is 43.0 Å². The second-order valence-electron chi connectivity index (χ2n) is 5.48. The molecule has 0 radical (unpaired) electrons. The highest BCUT2D eigenvalue weighted by Gasteiger charge is 2.25. The molecule has 1 aromatic carbocycles. The van der Waals surface area contributed by atoms with Crippen molar-refractivity contribution in [3.05, 3.63) is 29.3 Å². The van der Waals surface area contributed by atoms with Gasteiger partial charge in [0, 0.05) is 6.04 Å². The predicted octanol–water partition coefficient (Wildman–Crippen LogP) is 3.07. The summed E-state index contributed by atoms with van der Waals surface area (Å²) in [5.74, 6) is 1.31. The molecule has 1 aromatic rings. The Morgan fingerprint density at radius 2 is 2.16 bits per heavy atom. The summed E-state index contributed by atoms with van der Waals surface area (Å²) >= 11 is 0. The Labute approximate surface area is 115 Å². The van der Waals surface area contributed by atoms with Gasteiger partial charge in [0.15, 0.2) is 0 Å². The van der Waals surface area contributed by atoms with Gasteiger partial charge in [-0.3, -0.25) is 0 Å². The fraction of sp³-hybridized carbons (Fsp3) is 0.562. The molecule has 2 rings (SSSR count). The maximum atomic E-state index is 9.38. The number of ether oxygens (including phenoxy) is 1. The van der Waals surface area contributed by atoms with Crippen molar-refractivity contribution < 1.29 is 4.74 Å². The lowest BCUT2D eigenvalue weighted by atomic mass is 9.85. The van der Waals surface area contributed by atoms with E-state index in [1.807, 2.05) is 13.1 Å². The highest BCUT2D eigenvalue weighted by Crippen LogP contribution is 2.32. The molecule has 1 heterocycles. The van der Waals surface area contributed by atoms with Crippen molar-refractivity contribution in [1.29, 1.82) is 5.26 Å². The Morgan fingerprint density at radius 3 is 2.79 bits per heavy atom. The molecule has 102 valence electrons. The highest BCUT2D eigenvalue weighted by atomic mass is 16.5. The Kier molecular flexibility index (Phi) is 4.44. The SMILES string of the molecule is CNC(c1ccc2c(c1)CCCO2)C(C#N)C(C)C. The minimum absolute atomic E-state index is 0.0208. The molecule has 0 saturated carbocycles. The van der Waals surface area contributed by atoms with Crippen LogP contribution in [-0.2, 0) is 6.42 Å². The van der Waals surface area contributed by atoms with Crippen LogP contribution in [0.5, 0.6) is 5.75 Å². The molecule has 0 amide bonds. The maximum Gasteiger partial charge on any atom is 0.122 e. The molecule has 2 unspecified atom stereocenters. The number of nitrogens with zero attached hydrogens (tertiary/aromatic N) is 1. The van der Waals surface area contributed by atoms with Crippen molar-refractivity contribution in [3.63, 3.8) is 0 Å². The van der Waals surface area contributed by atoms with Gasteiger partial charge in [0.25, 0.3) is 0 Å². The first kappa shape index (κ1) is 13.9. The van der Waals surface area contributed by atoms with Crippen molar-refractivity contribution in [2.75, 3.05) is 13.7 Å². The third kappa shape index (κ3) is 2.90. The summed E-state index contributed by atoms with van der Waals surface area (Å²) in [6.07, 6.45) is 2.14. The quantitative estimate of drug-likeness (QED) is 0.902. The number of nitrogens with one attached hydrogen (secondary N) is 1. The van der Waals surface area contributed by atoms with Gasteiger partial charge in [0.1, 0.15) is 5.75 Å². The molecular formula is C16H22N2O. The number of benzene rings is 1. The molecule has 1 aliphatic rings. The molecule has 0 spiro atoms. The van der Waals surface area contributed by atoms with Crippen molar-refractivity contribution in [3.8, 4) is 11.8 Å². The second-order valence-corrected chi connectivity index (χ2v) is 5.48. The average molecular weight is 258 g/mol. The molecule has 2 atom stereocenters. The summed E-state index contributed by atoms with van der Waals surface area (Å²) < 4.78 is 5.64. The van der Waals surface area contributed by atoms with Crippen LogP contribution in [0.25, 0.3) is 0 Å². The number of hydrogen-bond donors (Lipinski definition) is 1. The Bertz CT molecular complexity index is 476. The van der Waals surface area contributed by atoms with Crippen LogP contribution in [-0.4, -0.2) is 13.7 Å². The van der Waals surface area contributed by atoms with Crippen molar-refractivity contribution in [1.82, 2.24) is 5.32 Å². The zero-order chi connectivity index (χ0) is 13.8. The molecule has 1 aliphatic heterocycles. The van der Waals surface area contributed by atoms with Crippen LogP contribution in [0.1, 0.15) is 37.4 Å². The molecule has 0 bridgehead atoms. The number of nitriles is 1. The second kappa shape index (κ2) is 6.08. The largest absolute Gasteiger partial charge is 0.493 e. The topological polar surface area (TPSA) is 45.0 Å². The monoisotopic (exact) mass is 258 g/mol. The lowest BCUT2D eigenvalue weighted by Gasteiger charge is -2.26. The zero-order valence-electron chi connectivity index (χ0n) is 11.9. The van der Waals surface area contributed by atoms with Gasteiger partial charge in [0.05, 0.1) is 18.6 Å². The minimum atomic E-state index is -0.0208. The number of fused-ring (bicyclic) bond motifs is 1. The van der Waals surface area contributed by atoms with E-state index in [1.165, 1.54) is 11.1 Å². The molecule has 3 heteroatoms. The van der Waals surface area contributed by atoms with Crippen LogP contribution in [0.4, 0.5) is 0 Å². The van der Waals surface area contributed by atoms with Gasteiger partial charge >= 0.3 is 0 Å². The zero-order valence-corrected chi connectivity index (χ0v) is 11.9. The van der Waals surface area contributed by atoms with Crippen LogP contribution in [0, 0.1) is 23.2 Å². The van der Waals surface area contributed by atoms with Crippen molar-refractivity contribution in [2.24, 2.45) is 11.8 Å². The molecular weight excluding hydrogens is 236 g/mol. The average Bonchev–Trinajstić information content (AvgIpc) is 2.43. The fourth-order valence-electron chi connectivity index (χ4n) is 2.74. The van der Waals surface area contributed by atoms with Crippen LogP contribution >= 0.6 is 0 Å². The highest BCUT2D eigenvalue weighted by molar-refractivity contribution is 5.40. The van der Waals surface area contributed by atoms with Gasteiger partial charge in [0.2, 0.25) is 0 Å². The van der Waals surface area contributed by atoms with Crippen LogP contribution in [0.15, 0.2) is 18.2 Å².